The Labute approximate surface area is 143 Å². The summed E-state index contributed by atoms with van der Waals surface area (Å²) >= 11 is 0. The second-order valence-corrected chi connectivity index (χ2v) is 6.18. The zero-order chi connectivity index (χ0) is 16.8. The highest BCUT2D eigenvalue weighted by Gasteiger charge is 2.26. The molecule has 1 unspecified atom stereocenters. The molecule has 1 atom stereocenters. The number of hydrogen-bond donors (Lipinski definition) is 0. The number of ether oxygens (including phenoxy) is 1. The Morgan fingerprint density at radius 1 is 1.08 bits per heavy atom. The van der Waals surface area contributed by atoms with Crippen molar-refractivity contribution in [2.45, 2.75) is 6.04 Å². The molecule has 0 saturated carbocycles. The smallest absolute Gasteiger partial charge is 0.137 e. The van der Waals surface area contributed by atoms with Crippen LogP contribution in [0.25, 0.3) is 0 Å². The molecule has 1 heterocycles. The minimum absolute atomic E-state index is 0.389. The third kappa shape index (κ3) is 3.94. The summed E-state index contributed by atoms with van der Waals surface area (Å²) in [5.41, 5.74) is 1.94. The van der Waals surface area contributed by atoms with E-state index in [-0.39, 0.29) is 0 Å². The fourth-order valence-electron chi connectivity index (χ4n) is 3.17. The fourth-order valence-corrected chi connectivity index (χ4v) is 3.17. The van der Waals surface area contributed by atoms with Crippen LogP contribution < -0.4 is 4.74 Å². The third-order valence-electron chi connectivity index (χ3n) is 4.52. The highest BCUT2D eigenvalue weighted by Crippen LogP contribution is 2.24. The minimum Gasteiger partial charge on any atom is -0.491 e. The van der Waals surface area contributed by atoms with Crippen molar-refractivity contribution in [2.75, 3.05) is 39.8 Å². The topological polar surface area (TPSA) is 39.5 Å². The Hall–Kier alpha value is -2.35. The van der Waals surface area contributed by atoms with Gasteiger partial charge in [-0.2, -0.15) is 5.26 Å². The van der Waals surface area contributed by atoms with Crippen molar-refractivity contribution >= 4 is 0 Å². The van der Waals surface area contributed by atoms with Gasteiger partial charge in [-0.3, -0.25) is 4.90 Å². The van der Waals surface area contributed by atoms with E-state index in [1.54, 1.807) is 6.07 Å². The van der Waals surface area contributed by atoms with E-state index in [1.807, 2.05) is 18.2 Å². The largest absolute Gasteiger partial charge is 0.491 e. The van der Waals surface area contributed by atoms with Gasteiger partial charge >= 0.3 is 0 Å². The molecule has 0 radical (unpaired) electrons. The second-order valence-electron chi connectivity index (χ2n) is 6.18. The molecule has 0 bridgehead atoms. The third-order valence-corrected chi connectivity index (χ3v) is 4.52. The Morgan fingerprint density at radius 2 is 1.83 bits per heavy atom. The lowest BCUT2D eigenvalue weighted by atomic mass is 10.0. The summed E-state index contributed by atoms with van der Waals surface area (Å²) in [5.74, 6) is 0.672. The van der Waals surface area contributed by atoms with Crippen LogP contribution in [0.4, 0.5) is 0 Å². The SMILES string of the molecule is CN1CCN(CCOc2ccccc2C#N)C(c2ccccc2)C1. The Kier molecular flexibility index (Phi) is 5.47. The van der Waals surface area contributed by atoms with E-state index in [0.717, 1.165) is 26.2 Å². The summed E-state index contributed by atoms with van der Waals surface area (Å²) in [4.78, 5) is 4.85. The van der Waals surface area contributed by atoms with Gasteiger partial charge in [0.1, 0.15) is 18.4 Å². The average molecular weight is 321 g/mol. The maximum Gasteiger partial charge on any atom is 0.137 e. The lowest BCUT2D eigenvalue weighted by Gasteiger charge is -2.40. The molecule has 0 aliphatic carbocycles. The van der Waals surface area contributed by atoms with Crippen molar-refractivity contribution in [3.8, 4) is 11.8 Å². The Bertz CT molecular complexity index is 696. The monoisotopic (exact) mass is 321 g/mol. The van der Waals surface area contributed by atoms with E-state index in [0.29, 0.717) is 24.0 Å². The summed E-state index contributed by atoms with van der Waals surface area (Å²) in [5, 5.41) is 9.14. The van der Waals surface area contributed by atoms with Crippen molar-refractivity contribution in [3.05, 3.63) is 65.7 Å². The maximum absolute atomic E-state index is 9.14. The molecular formula is C20H23N3O. The summed E-state index contributed by atoms with van der Waals surface area (Å²) < 4.78 is 5.86. The lowest BCUT2D eigenvalue weighted by Crippen LogP contribution is -2.48. The van der Waals surface area contributed by atoms with Crippen LogP contribution in [-0.4, -0.2) is 49.6 Å². The van der Waals surface area contributed by atoms with Gasteiger partial charge < -0.3 is 9.64 Å². The predicted molar refractivity (Wildman–Crippen MR) is 94.9 cm³/mol. The van der Waals surface area contributed by atoms with Crippen molar-refractivity contribution in [2.24, 2.45) is 0 Å². The molecule has 4 nitrogen and oxygen atoms in total. The number of para-hydroxylation sites is 1. The van der Waals surface area contributed by atoms with Crippen LogP contribution in [-0.2, 0) is 0 Å². The summed E-state index contributed by atoms with van der Waals surface area (Å²) in [6.07, 6.45) is 0. The van der Waals surface area contributed by atoms with Gasteiger partial charge in [0.15, 0.2) is 0 Å². The molecule has 0 spiro atoms. The molecule has 4 heteroatoms. The van der Waals surface area contributed by atoms with Gasteiger partial charge in [-0.25, -0.2) is 0 Å². The van der Waals surface area contributed by atoms with Crippen LogP contribution in [0.3, 0.4) is 0 Å². The van der Waals surface area contributed by atoms with Gasteiger partial charge in [-0.1, -0.05) is 42.5 Å². The molecule has 1 aliphatic heterocycles. The van der Waals surface area contributed by atoms with Gasteiger partial charge in [0.25, 0.3) is 0 Å². The number of nitriles is 1. The second kappa shape index (κ2) is 7.96. The Balaban J connectivity index is 1.63. The van der Waals surface area contributed by atoms with E-state index in [2.05, 4.69) is 53.2 Å². The quantitative estimate of drug-likeness (QED) is 0.849. The van der Waals surface area contributed by atoms with E-state index >= 15 is 0 Å². The van der Waals surface area contributed by atoms with Crippen LogP contribution in [0.5, 0.6) is 5.75 Å². The molecule has 1 fully saturated rings. The fraction of sp³-hybridized carbons (Fsp3) is 0.350. The van der Waals surface area contributed by atoms with E-state index < -0.39 is 0 Å². The lowest BCUT2D eigenvalue weighted by molar-refractivity contribution is 0.0763. The zero-order valence-electron chi connectivity index (χ0n) is 14.1. The van der Waals surface area contributed by atoms with Crippen LogP contribution in [0.2, 0.25) is 0 Å². The van der Waals surface area contributed by atoms with Crippen molar-refractivity contribution < 1.29 is 4.74 Å². The first-order chi connectivity index (χ1) is 11.8. The first-order valence-corrected chi connectivity index (χ1v) is 8.37. The summed E-state index contributed by atoms with van der Waals surface area (Å²) in [6.45, 7) is 4.56. The molecule has 0 N–H and O–H groups in total. The van der Waals surface area contributed by atoms with Gasteiger partial charge in [0.2, 0.25) is 0 Å². The van der Waals surface area contributed by atoms with Gasteiger partial charge in [-0.15, -0.1) is 0 Å². The summed E-state index contributed by atoms with van der Waals surface area (Å²) in [6, 6.07) is 20.6. The molecule has 124 valence electrons. The predicted octanol–water partition coefficient (Wildman–Crippen LogP) is 2.93. The normalized spacial score (nSPS) is 18.9. The van der Waals surface area contributed by atoms with Crippen LogP contribution in [0, 0.1) is 11.3 Å². The molecule has 1 aliphatic rings. The highest BCUT2D eigenvalue weighted by molar-refractivity contribution is 5.42. The van der Waals surface area contributed by atoms with Crippen LogP contribution in [0.15, 0.2) is 54.6 Å². The first kappa shape index (κ1) is 16.5. The standard InChI is InChI=1S/C20H23N3O/c1-22-11-12-23(19(16-22)17-7-3-2-4-8-17)13-14-24-20-10-6-5-9-18(20)15-21/h2-10,19H,11-14,16H2,1H3. The highest BCUT2D eigenvalue weighted by atomic mass is 16.5. The number of nitrogens with zero attached hydrogens (tertiary/aromatic N) is 3. The number of benzene rings is 2. The van der Waals surface area contributed by atoms with E-state index in [1.165, 1.54) is 5.56 Å². The molecule has 0 aromatic heterocycles. The summed E-state index contributed by atoms with van der Waals surface area (Å²) in [7, 11) is 2.17. The molecule has 0 amide bonds. The number of piperazine rings is 1. The van der Waals surface area contributed by atoms with E-state index in [9.17, 15) is 0 Å². The minimum atomic E-state index is 0.389. The Morgan fingerprint density at radius 3 is 2.62 bits per heavy atom. The number of rotatable bonds is 5. The molecule has 2 aromatic carbocycles. The van der Waals surface area contributed by atoms with E-state index in [4.69, 9.17) is 10.00 Å². The van der Waals surface area contributed by atoms with Crippen molar-refractivity contribution in [3.63, 3.8) is 0 Å². The maximum atomic E-state index is 9.14. The van der Waals surface area contributed by atoms with Crippen molar-refractivity contribution in [1.29, 1.82) is 5.26 Å². The average Bonchev–Trinajstić information content (AvgIpc) is 2.64. The molecular weight excluding hydrogens is 298 g/mol. The zero-order valence-corrected chi connectivity index (χ0v) is 14.1. The molecule has 3 rings (SSSR count). The van der Waals surface area contributed by atoms with Crippen molar-refractivity contribution in [1.82, 2.24) is 9.80 Å². The number of hydrogen-bond acceptors (Lipinski definition) is 4. The van der Waals surface area contributed by atoms with Crippen LogP contribution >= 0.6 is 0 Å². The molecule has 2 aromatic rings. The van der Waals surface area contributed by atoms with Gasteiger partial charge in [0, 0.05) is 32.2 Å². The van der Waals surface area contributed by atoms with Gasteiger partial charge in [-0.05, 0) is 24.7 Å². The van der Waals surface area contributed by atoms with Crippen LogP contribution in [0.1, 0.15) is 17.2 Å². The molecule has 1 saturated heterocycles. The molecule has 24 heavy (non-hydrogen) atoms. The number of likely N-dealkylation sites (N-methyl/N-ethyl adjacent to an activating group) is 1. The van der Waals surface area contributed by atoms with Gasteiger partial charge in [0.05, 0.1) is 5.56 Å². The first-order valence-electron chi connectivity index (χ1n) is 8.37.